The van der Waals surface area contributed by atoms with Crippen molar-refractivity contribution in [3.05, 3.63) is 47.4 Å². The van der Waals surface area contributed by atoms with E-state index in [-0.39, 0.29) is 16.9 Å². The molecule has 0 aliphatic rings. The number of carbonyl (C=O) groups excluding carboxylic acids is 1. The van der Waals surface area contributed by atoms with Gasteiger partial charge in [0.15, 0.2) is 0 Å². The second kappa shape index (κ2) is 4.80. The zero-order valence-electron chi connectivity index (χ0n) is 8.59. The zero-order valence-corrected chi connectivity index (χ0v) is 9.35. The summed E-state index contributed by atoms with van der Waals surface area (Å²) in [6, 6.07) is 7.53. The van der Waals surface area contributed by atoms with E-state index < -0.39 is 0 Å². The van der Waals surface area contributed by atoms with Crippen molar-refractivity contribution in [3.8, 4) is 5.75 Å². The van der Waals surface area contributed by atoms with Gasteiger partial charge in [-0.1, -0.05) is 6.07 Å². The summed E-state index contributed by atoms with van der Waals surface area (Å²) in [6.45, 7) is 0. The number of nitrogens with one attached hydrogen (secondary N) is 1. The number of hydrogen-bond acceptors (Lipinski definition) is 4. The fraction of sp³-hybridized carbons (Fsp3) is 0. The van der Waals surface area contributed by atoms with E-state index in [0.717, 1.165) is 0 Å². The van der Waals surface area contributed by atoms with Crippen LogP contribution in [0.4, 0.5) is 5.82 Å². The van der Waals surface area contributed by atoms with Gasteiger partial charge in [0, 0.05) is 11.8 Å². The van der Waals surface area contributed by atoms with E-state index in [4.69, 9.17) is 11.6 Å². The highest BCUT2D eigenvalue weighted by Gasteiger charge is 2.07. The molecule has 0 unspecified atom stereocenters. The molecule has 0 radical (unpaired) electrons. The number of benzene rings is 1. The van der Waals surface area contributed by atoms with Crippen LogP contribution in [0.15, 0.2) is 36.5 Å². The minimum Gasteiger partial charge on any atom is -0.508 e. The van der Waals surface area contributed by atoms with Crippen molar-refractivity contribution in [2.24, 2.45) is 0 Å². The van der Waals surface area contributed by atoms with E-state index in [9.17, 15) is 9.90 Å². The van der Waals surface area contributed by atoms with Gasteiger partial charge in [-0.05, 0) is 35.9 Å². The molecule has 0 saturated carbocycles. The molecule has 0 aliphatic heterocycles. The first-order valence-electron chi connectivity index (χ1n) is 4.74. The zero-order chi connectivity index (χ0) is 12.3. The Bertz CT molecular complexity index is 560. The number of aromatic hydroxyl groups is 1. The Hall–Kier alpha value is -2.14. The first-order valence-corrected chi connectivity index (χ1v) is 5.12. The molecular formula is C11H8ClN3O2. The molecule has 17 heavy (non-hydrogen) atoms. The molecule has 2 rings (SSSR count). The molecule has 1 aromatic heterocycles. The average molecular weight is 250 g/mol. The van der Waals surface area contributed by atoms with Gasteiger partial charge in [0.2, 0.25) is 5.28 Å². The molecule has 0 spiro atoms. The van der Waals surface area contributed by atoms with Gasteiger partial charge in [0.05, 0.1) is 0 Å². The number of phenolic OH excluding ortho intramolecular Hbond substituents is 1. The van der Waals surface area contributed by atoms with E-state index in [1.165, 1.54) is 24.4 Å². The van der Waals surface area contributed by atoms with Gasteiger partial charge in [-0.25, -0.2) is 9.97 Å². The minimum absolute atomic E-state index is 0.0263. The maximum Gasteiger partial charge on any atom is 0.256 e. The van der Waals surface area contributed by atoms with Crippen molar-refractivity contribution >= 4 is 23.3 Å². The minimum atomic E-state index is -0.379. The van der Waals surface area contributed by atoms with Crippen molar-refractivity contribution in [1.82, 2.24) is 9.97 Å². The third-order valence-corrected chi connectivity index (χ3v) is 2.16. The number of phenols is 1. The van der Waals surface area contributed by atoms with E-state index in [2.05, 4.69) is 15.3 Å². The van der Waals surface area contributed by atoms with E-state index in [1.54, 1.807) is 12.1 Å². The molecule has 2 aromatic rings. The Morgan fingerprint density at radius 3 is 2.88 bits per heavy atom. The number of carbonyl (C=O) groups is 1. The Morgan fingerprint density at radius 1 is 1.35 bits per heavy atom. The Balaban J connectivity index is 2.17. The third-order valence-electron chi connectivity index (χ3n) is 1.98. The summed E-state index contributed by atoms with van der Waals surface area (Å²) >= 11 is 5.59. The number of rotatable bonds is 2. The topological polar surface area (TPSA) is 75.1 Å². The molecule has 0 saturated heterocycles. The van der Waals surface area contributed by atoms with Crippen molar-refractivity contribution in [2.75, 3.05) is 5.32 Å². The van der Waals surface area contributed by atoms with Crippen LogP contribution in [-0.4, -0.2) is 21.0 Å². The van der Waals surface area contributed by atoms with E-state index >= 15 is 0 Å². The van der Waals surface area contributed by atoms with Crippen molar-refractivity contribution in [3.63, 3.8) is 0 Å². The summed E-state index contributed by atoms with van der Waals surface area (Å²) in [5, 5.41) is 11.8. The van der Waals surface area contributed by atoms with Crippen LogP contribution in [0.25, 0.3) is 0 Å². The fourth-order valence-electron chi connectivity index (χ4n) is 1.24. The number of aromatic nitrogens is 2. The molecule has 1 aromatic carbocycles. The molecule has 86 valence electrons. The maximum atomic E-state index is 11.8. The molecule has 0 atom stereocenters. The average Bonchev–Trinajstić information content (AvgIpc) is 2.29. The van der Waals surface area contributed by atoms with Gasteiger partial charge < -0.3 is 10.4 Å². The van der Waals surface area contributed by atoms with Crippen LogP contribution in [-0.2, 0) is 0 Å². The van der Waals surface area contributed by atoms with Crippen LogP contribution in [0.2, 0.25) is 5.28 Å². The highest BCUT2D eigenvalue weighted by atomic mass is 35.5. The van der Waals surface area contributed by atoms with Gasteiger partial charge in [0.25, 0.3) is 5.91 Å². The van der Waals surface area contributed by atoms with Crippen LogP contribution >= 0.6 is 11.6 Å². The normalized spacial score (nSPS) is 9.94. The van der Waals surface area contributed by atoms with Crippen LogP contribution in [0.1, 0.15) is 10.4 Å². The molecular weight excluding hydrogens is 242 g/mol. The Labute approximate surface area is 102 Å². The van der Waals surface area contributed by atoms with Crippen LogP contribution in [0, 0.1) is 0 Å². The van der Waals surface area contributed by atoms with Gasteiger partial charge in [-0.15, -0.1) is 0 Å². The van der Waals surface area contributed by atoms with E-state index in [1.807, 2.05) is 0 Å². The van der Waals surface area contributed by atoms with Gasteiger partial charge in [-0.2, -0.15) is 0 Å². The standard InChI is InChI=1S/C11H8ClN3O2/c12-11-13-5-4-9(15-11)14-10(17)7-2-1-3-8(16)6-7/h1-6,16H,(H,13,14,15,17). The largest absolute Gasteiger partial charge is 0.508 e. The number of anilines is 1. The number of halogens is 1. The highest BCUT2D eigenvalue weighted by molar-refractivity contribution is 6.28. The van der Waals surface area contributed by atoms with Crippen molar-refractivity contribution in [1.29, 1.82) is 0 Å². The molecule has 2 N–H and O–H groups in total. The molecule has 1 heterocycles. The molecule has 1 amide bonds. The van der Waals surface area contributed by atoms with Crippen LogP contribution in [0.5, 0.6) is 5.75 Å². The summed E-state index contributed by atoms with van der Waals surface area (Å²) < 4.78 is 0. The van der Waals surface area contributed by atoms with Crippen molar-refractivity contribution < 1.29 is 9.90 Å². The van der Waals surface area contributed by atoms with Crippen LogP contribution in [0.3, 0.4) is 0 Å². The second-order valence-electron chi connectivity index (χ2n) is 3.22. The van der Waals surface area contributed by atoms with Crippen LogP contribution < -0.4 is 5.32 Å². The lowest BCUT2D eigenvalue weighted by molar-refractivity contribution is 0.102. The molecule has 0 fully saturated rings. The van der Waals surface area contributed by atoms with Gasteiger partial charge in [-0.3, -0.25) is 4.79 Å². The summed E-state index contributed by atoms with van der Waals surface area (Å²) in [6.07, 6.45) is 1.44. The molecule has 0 bridgehead atoms. The number of nitrogens with zero attached hydrogens (tertiary/aromatic N) is 2. The Kier molecular flexibility index (Phi) is 3.20. The predicted molar refractivity (Wildman–Crippen MR) is 63.1 cm³/mol. The van der Waals surface area contributed by atoms with Gasteiger partial charge >= 0.3 is 0 Å². The van der Waals surface area contributed by atoms with Gasteiger partial charge in [0.1, 0.15) is 11.6 Å². The quantitative estimate of drug-likeness (QED) is 0.799. The molecule has 6 heteroatoms. The Morgan fingerprint density at radius 2 is 2.18 bits per heavy atom. The third kappa shape index (κ3) is 2.92. The first kappa shape index (κ1) is 11.3. The lowest BCUT2D eigenvalue weighted by Gasteiger charge is -2.04. The first-order chi connectivity index (χ1) is 8.15. The SMILES string of the molecule is O=C(Nc1ccnc(Cl)n1)c1cccc(O)c1. The number of amides is 1. The summed E-state index contributed by atoms with van der Waals surface area (Å²) in [5.74, 6) is -0.0487. The molecule has 0 aliphatic carbocycles. The fourth-order valence-corrected chi connectivity index (χ4v) is 1.39. The molecule has 5 nitrogen and oxygen atoms in total. The highest BCUT2D eigenvalue weighted by Crippen LogP contribution is 2.13. The monoisotopic (exact) mass is 249 g/mol. The summed E-state index contributed by atoms with van der Waals surface area (Å²) in [5.41, 5.74) is 0.333. The number of hydrogen-bond donors (Lipinski definition) is 2. The second-order valence-corrected chi connectivity index (χ2v) is 3.55. The van der Waals surface area contributed by atoms with E-state index in [0.29, 0.717) is 11.4 Å². The lowest BCUT2D eigenvalue weighted by atomic mass is 10.2. The van der Waals surface area contributed by atoms with Crippen molar-refractivity contribution in [2.45, 2.75) is 0 Å². The smallest absolute Gasteiger partial charge is 0.256 e. The summed E-state index contributed by atoms with van der Waals surface area (Å²) in [7, 11) is 0. The summed E-state index contributed by atoms with van der Waals surface area (Å²) in [4.78, 5) is 19.3. The predicted octanol–water partition coefficient (Wildman–Crippen LogP) is 2.09. The lowest BCUT2D eigenvalue weighted by Crippen LogP contribution is -2.12. The maximum absolute atomic E-state index is 11.8.